The highest BCUT2D eigenvalue weighted by molar-refractivity contribution is 5.28. The minimum Gasteiger partial charge on any atom is -0.492 e. The predicted octanol–water partition coefficient (Wildman–Crippen LogP) is 2.52. The molecule has 0 saturated carbocycles. The first kappa shape index (κ1) is 13.5. The zero-order valence-corrected chi connectivity index (χ0v) is 10.8. The Morgan fingerprint density at radius 3 is 2.41 bits per heavy atom. The van der Waals surface area contributed by atoms with Crippen LogP contribution in [-0.2, 0) is 6.42 Å². The quantitative estimate of drug-likeness (QED) is 0.793. The Hall–Kier alpha value is -1.53. The van der Waals surface area contributed by atoms with Gasteiger partial charge in [0.2, 0.25) is 0 Å². The maximum atomic E-state index is 8.55. The Morgan fingerprint density at radius 2 is 1.88 bits per heavy atom. The third-order valence-electron chi connectivity index (χ3n) is 2.23. The van der Waals surface area contributed by atoms with Crippen molar-refractivity contribution in [3.8, 4) is 11.8 Å². The molecular formula is C14H20N2O. The SMILES string of the molecule is CC(C)(C)NCCOc1ccc(CC#N)cc1. The highest BCUT2D eigenvalue weighted by Gasteiger charge is 2.07. The number of benzene rings is 1. The lowest BCUT2D eigenvalue weighted by molar-refractivity contribution is 0.291. The van der Waals surface area contributed by atoms with Crippen LogP contribution in [0.3, 0.4) is 0 Å². The summed E-state index contributed by atoms with van der Waals surface area (Å²) in [5.74, 6) is 0.849. The first-order chi connectivity index (χ1) is 8.01. The highest BCUT2D eigenvalue weighted by Crippen LogP contribution is 2.12. The third-order valence-corrected chi connectivity index (χ3v) is 2.23. The minimum absolute atomic E-state index is 0.125. The fourth-order valence-corrected chi connectivity index (χ4v) is 1.39. The minimum atomic E-state index is 0.125. The fraction of sp³-hybridized carbons (Fsp3) is 0.500. The first-order valence-corrected chi connectivity index (χ1v) is 5.85. The Morgan fingerprint density at radius 1 is 1.24 bits per heavy atom. The third kappa shape index (κ3) is 5.94. The monoisotopic (exact) mass is 232 g/mol. The van der Waals surface area contributed by atoms with Crippen molar-refractivity contribution >= 4 is 0 Å². The van der Waals surface area contributed by atoms with Gasteiger partial charge in [-0.05, 0) is 38.5 Å². The second-order valence-electron chi connectivity index (χ2n) is 5.00. The van der Waals surface area contributed by atoms with E-state index in [0.29, 0.717) is 13.0 Å². The Labute approximate surface area is 103 Å². The molecule has 0 aliphatic carbocycles. The van der Waals surface area contributed by atoms with Gasteiger partial charge in [0.05, 0.1) is 12.5 Å². The van der Waals surface area contributed by atoms with E-state index in [9.17, 15) is 0 Å². The smallest absolute Gasteiger partial charge is 0.119 e. The molecule has 92 valence electrons. The first-order valence-electron chi connectivity index (χ1n) is 5.85. The van der Waals surface area contributed by atoms with Crippen molar-refractivity contribution in [1.82, 2.24) is 5.32 Å². The van der Waals surface area contributed by atoms with Crippen LogP contribution in [0.2, 0.25) is 0 Å². The van der Waals surface area contributed by atoms with Gasteiger partial charge in [0.25, 0.3) is 0 Å². The van der Waals surface area contributed by atoms with Crippen molar-refractivity contribution in [3.05, 3.63) is 29.8 Å². The van der Waals surface area contributed by atoms with Crippen molar-refractivity contribution in [2.24, 2.45) is 0 Å². The topological polar surface area (TPSA) is 45.0 Å². The van der Waals surface area contributed by atoms with Gasteiger partial charge < -0.3 is 10.1 Å². The Bertz CT molecular complexity index is 371. The maximum absolute atomic E-state index is 8.55. The van der Waals surface area contributed by atoms with Crippen LogP contribution >= 0.6 is 0 Å². The lowest BCUT2D eigenvalue weighted by Crippen LogP contribution is -2.38. The van der Waals surface area contributed by atoms with Crippen LogP contribution < -0.4 is 10.1 Å². The molecule has 1 rings (SSSR count). The normalized spacial score (nSPS) is 10.9. The van der Waals surface area contributed by atoms with Gasteiger partial charge in [-0.3, -0.25) is 0 Å². The van der Waals surface area contributed by atoms with E-state index >= 15 is 0 Å². The molecule has 17 heavy (non-hydrogen) atoms. The molecule has 3 heteroatoms. The number of nitrogens with one attached hydrogen (secondary N) is 1. The highest BCUT2D eigenvalue weighted by atomic mass is 16.5. The Kier molecular flexibility index (Phi) is 4.99. The van der Waals surface area contributed by atoms with Crippen molar-refractivity contribution in [2.75, 3.05) is 13.2 Å². The Balaban J connectivity index is 2.30. The number of hydrogen-bond donors (Lipinski definition) is 1. The molecule has 0 aliphatic rings. The van der Waals surface area contributed by atoms with E-state index in [1.807, 2.05) is 24.3 Å². The molecular weight excluding hydrogens is 212 g/mol. The van der Waals surface area contributed by atoms with E-state index in [0.717, 1.165) is 17.9 Å². The number of nitrogens with zero attached hydrogens (tertiary/aromatic N) is 1. The summed E-state index contributed by atoms with van der Waals surface area (Å²) in [7, 11) is 0. The van der Waals surface area contributed by atoms with Gasteiger partial charge in [-0.25, -0.2) is 0 Å². The summed E-state index contributed by atoms with van der Waals surface area (Å²) in [4.78, 5) is 0. The largest absolute Gasteiger partial charge is 0.492 e. The van der Waals surface area contributed by atoms with Crippen LogP contribution in [0.4, 0.5) is 0 Å². The van der Waals surface area contributed by atoms with Crippen LogP contribution in [0, 0.1) is 11.3 Å². The molecule has 1 aromatic carbocycles. The number of rotatable bonds is 5. The summed E-state index contributed by atoms with van der Waals surface area (Å²) in [6.07, 6.45) is 0.450. The molecule has 0 unspecified atom stereocenters. The molecule has 0 spiro atoms. The van der Waals surface area contributed by atoms with Crippen molar-refractivity contribution in [1.29, 1.82) is 5.26 Å². The van der Waals surface area contributed by atoms with E-state index in [4.69, 9.17) is 10.00 Å². The molecule has 3 nitrogen and oxygen atoms in total. The summed E-state index contributed by atoms with van der Waals surface area (Å²) in [6.45, 7) is 7.86. The fourth-order valence-electron chi connectivity index (χ4n) is 1.39. The van der Waals surface area contributed by atoms with Crippen LogP contribution in [0.1, 0.15) is 26.3 Å². The van der Waals surface area contributed by atoms with E-state index in [2.05, 4.69) is 32.2 Å². The van der Waals surface area contributed by atoms with Gasteiger partial charge >= 0.3 is 0 Å². The molecule has 0 aromatic heterocycles. The molecule has 1 aromatic rings. The molecule has 0 aliphatic heterocycles. The lowest BCUT2D eigenvalue weighted by Gasteiger charge is -2.20. The van der Waals surface area contributed by atoms with E-state index < -0.39 is 0 Å². The van der Waals surface area contributed by atoms with E-state index in [1.54, 1.807) is 0 Å². The summed E-state index contributed by atoms with van der Waals surface area (Å²) < 4.78 is 5.59. The second-order valence-corrected chi connectivity index (χ2v) is 5.00. The molecule has 0 bridgehead atoms. The average Bonchev–Trinajstić information content (AvgIpc) is 2.26. The molecule has 1 N–H and O–H groups in total. The molecule has 0 heterocycles. The van der Waals surface area contributed by atoms with Crippen molar-refractivity contribution in [2.45, 2.75) is 32.7 Å². The number of nitriles is 1. The zero-order chi connectivity index (χ0) is 12.7. The van der Waals surface area contributed by atoms with Crippen molar-refractivity contribution < 1.29 is 4.74 Å². The van der Waals surface area contributed by atoms with Crippen LogP contribution in [0.5, 0.6) is 5.75 Å². The van der Waals surface area contributed by atoms with Gasteiger partial charge in [0.15, 0.2) is 0 Å². The number of hydrogen-bond acceptors (Lipinski definition) is 3. The summed E-state index contributed by atoms with van der Waals surface area (Å²) >= 11 is 0. The standard InChI is InChI=1S/C14H20N2O/c1-14(2,3)16-10-11-17-13-6-4-12(5-7-13)8-9-15/h4-7,16H,8,10-11H2,1-3H3. The van der Waals surface area contributed by atoms with E-state index in [-0.39, 0.29) is 5.54 Å². The lowest BCUT2D eigenvalue weighted by atomic mass is 10.1. The van der Waals surface area contributed by atoms with E-state index in [1.165, 1.54) is 0 Å². The molecule has 0 saturated heterocycles. The second kappa shape index (κ2) is 6.27. The zero-order valence-electron chi connectivity index (χ0n) is 10.8. The summed E-state index contributed by atoms with van der Waals surface area (Å²) in [6, 6.07) is 9.79. The molecule has 0 atom stereocenters. The van der Waals surface area contributed by atoms with Crippen LogP contribution in [0.15, 0.2) is 24.3 Å². The summed E-state index contributed by atoms with van der Waals surface area (Å²) in [5, 5.41) is 11.9. The number of ether oxygens (including phenoxy) is 1. The molecule has 0 radical (unpaired) electrons. The van der Waals surface area contributed by atoms with Gasteiger partial charge in [0.1, 0.15) is 12.4 Å². The summed E-state index contributed by atoms with van der Waals surface area (Å²) in [5.41, 5.74) is 1.15. The predicted molar refractivity (Wildman–Crippen MR) is 69.0 cm³/mol. The van der Waals surface area contributed by atoms with Gasteiger partial charge in [-0.1, -0.05) is 12.1 Å². The average molecular weight is 232 g/mol. The van der Waals surface area contributed by atoms with Crippen molar-refractivity contribution in [3.63, 3.8) is 0 Å². The van der Waals surface area contributed by atoms with Gasteiger partial charge in [-0.15, -0.1) is 0 Å². The van der Waals surface area contributed by atoms with Gasteiger partial charge in [-0.2, -0.15) is 5.26 Å². The van der Waals surface area contributed by atoms with Gasteiger partial charge in [0, 0.05) is 12.1 Å². The molecule has 0 amide bonds. The van der Waals surface area contributed by atoms with Crippen LogP contribution in [-0.4, -0.2) is 18.7 Å². The maximum Gasteiger partial charge on any atom is 0.119 e. The molecule has 0 fully saturated rings. The van der Waals surface area contributed by atoms with Crippen LogP contribution in [0.25, 0.3) is 0 Å².